The Kier molecular flexibility index (Phi) is 21.8. The van der Waals surface area contributed by atoms with Crippen molar-refractivity contribution in [2.75, 3.05) is 19.6 Å². The first-order chi connectivity index (χ1) is 72.3. The van der Waals surface area contributed by atoms with Crippen molar-refractivity contribution in [3.05, 3.63) is 479 Å². The first kappa shape index (κ1) is 90.2. The molecule has 148 heavy (non-hydrogen) atoms. The van der Waals surface area contributed by atoms with Crippen molar-refractivity contribution in [2.24, 2.45) is 0 Å². The number of fused-ring (bicyclic) bond motifs is 12. The third kappa shape index (κ3) is 14.8. The first-order valence-corrected chi connectivity index (χ1v) is 54.6. The quantitative estimate of drug-likeness (QED) is 0.0894. The molecule has 0 N–H and O–H groups in total. The van der Waals surface area contributed by atoms with E-state index in [4.69, 9.17) is 0 Å². The van der Waals surface area contributed by atoms with Gasteiger partial charge in [0.25, 0.3) is 0 Å². The molecule has 0 saturated carbocycles. The molecule has 0 radical (unpaired) electrons. The third-order valence-corrected chi connectivity index (χ3v) is 35.8. The van der Waals surface area contributed by atoms with Crippen LogP contribution in [0.5, 0.6) is 0 Å². The van der Waals surface area contributed by atoms with Crippen LogP contribution >= 0.6 is 45.3 Å². The van der Waals surface area contributed by atoms with Crippen molar-refractivity contribution in [1.29, 1.82) is 0 Å². The Balaban J connectivity index is 0.000000146. The molecule has 28 rings (SSSR count). The van der Waals surface area contributed by atoms with E-state index in [1.165, 1.54) is 279 Å². The molecular formula is C140H104N4S4. The van der Waals surface area contributed by atoms with Crippen LogP contribution in [0.1, 0.15) is 66.8 Å². The summed E-state index contributed by atoms with van der Waals surface area (Å²) in [6.45, 7) is 27.0. The number of benzene rings is 24. The van der Waals surface area contributed by atoms with Gasteiger partial charge in [-0.3, -0.25) is 0 Å². The number of para-hydroxylation sites is 2. The van der Waals surface area contributed by atoms with Crippen LogP contribution in [0, 0.1) is 83.1 Å². The zero-order valence-corrected chi connectivity index (χ0v) is 87.9. The standard InChI is InChI=1S/2C70H52N2S2/c1-41-35-43(3)67(44(4)36-41)71(51-17-11-15-49(39-51)53-21-13-23-57-55-19-7-9-25-63(55)73-69(53)57)61-33-29-47-28-32-60-62(34-30-48-27-31-59(61)65(47)66(48)60)72(68-45(5)37-42(2)38-46(68)6)52-18-12-16-50(40-52)54-22-14-24-58-56-20-8-10-26-64(56)74-70(54)58;1-41-35-49(53-21-13-23-57-55-19-7-9-25-63(55)73-69(53)57)39-51(37-41)71(67-43(3)15-11-16-44(67)4)61-33-29-47-28-32-60-62(34-30-48-27-31-59(61)65(47)66(48)60)72(68-45(5)17-12-18-46(68)6)52-38-42(2)36-50(40-52)54-22-14-24-58-56-20-8-10-26-64(56)74-70(54)58/h2*7-40H,1-6H3. The molecule has 0 unspecified atom stereocenters. The highest BCUT2D eigenvalue weighted by atomic mass is 32.1. The molecule has 708 valence electrons. The molecule has 0 aliphatic heterocycles. The average molecular weight is 1970 g/mol. The summed E-state index contributed by atoms with van der Waals surface area (Å²) in [5.41, 5.74) is 38.9. The van der Waals surface area contributed by atoms with Crippen LogP contribution in [-0.2, 0) is 0 Å². The van der Waals surface area contributed by atoms with E-state index in [1.54, 1.807) is 0 Å². The van der Waals surface area contributed by atoms with Crippen LogP contribution in [0.2, 0.25) is 0 Å². The van der Waals surface area contributed by atoms with Gasteiger partial charge in [0.2, 0.25) is 0 Å². The summed E-state index contributed by atoms with van der Waals surface area (Å²) in [6.07, 6.45) is 0. The Labute approximate surface area is 878 Å². The van der Waals surface area contributed by atoms with Crippen LogP contribution in [-0.4, -0.2) is 0 Å². The summed E-state index contributed by atoms with van der Waals surface area (Å²) in [6, 6.07) is 156. The average Bonchev–Trinajstić information content (AvgIpc) is 1.06. The van der Waals surface area contributed by atoms with Gasteiger partial charge in [-0.05, 0) is 323 Å². The van der Waals surface area contributed by atoms with Gasteiger partial charge >= 0.3 is 0 Å². The lowest BCUT2D eigenvalue weighted by Gasteiger charge is -2.32. The number of rotatable bonds is 16. The normalized spacial score (nSPS) is 11.9. The molecule has 4 aromatic heterocycles. The Bertz CT molecular complexity index is 9680. The summed E-state index contributed by atoms with van der Waals surface area (Å²) in [5.74, 6) is 0. The Hall–Kier alpha value is -16.6. The van der Waals surface area contributed by atoms with Crippen molar-refractivity contribution in [3.63, 3.8) is 0 Å². The van der Waals surface area contributed by atoms with Gasteiger partial charge in [0.1, 0.15) is 0 Å². The highest BCUT2D eigenvalue weighted by Crippen LogP contribution is 2.57. The van der Waals surface area contributed by atoms with Gasteiger partial charge in [0.15, 0.2) is 0 Å². The Morgan fingerprint density at radius 2 is 0.385 bits per heavy atom. The van der Waals surface area contributed by atoms with Crippen molar-refractivity contribution >= 4 is 259 Å². The van der Waals surface area contributed by atoms with Crippen LogP contribution < -0.4 is 19.6 Å². The number of hydrogen-bond donors (Lipinski definition) is 0. The van der Waals surface area contributed by atoms with Crippen molar-refractivity contribution in [3.8, 4) is 44.5 Å². The Morgan fingerprint density at radius 3 is 0.682 bits per heavy atom. The van der Waals surface area contributed by atoms with Crippen LogP contribution in [0.25, 0.3) is 190 Å². The van der Waals surface area contributed by atoms with E-state index >= 15 is 0 Å². The minimum atomic E-state index is 1.13. The summed E-state index contributed by atoms with van der Waals surface area (Å²) in [7, 11) is 0. The van der Waals surface area contributed by atoms with Gasteiger partial charge in [0.05, 0.1) is 45.5 Å². The fraction of sp³-hybridized carbons (Fsp3) is 0.0857. The molecule has 0 fully saturated rings. The second-order valence-electron chi connectivity index (χ2n) is 40.8. The molecule has 0 spiro atoms. The number of anilines is 12. The summed E-state index contributed by atoms with van der Waals surface area (Å²) >= 11 is 7.56. The second kappa shape index (κ2) is 35.7. The van der Waals surface area contributed by atoms with Gasteiger partial charge in [0, 0.05) is 125 Å². The van der Waals surface area contributed by atoms with Gasteiger partial charge in [-0.1, -0.05) is 327 Å². The van der Waals surface area contributed by atoms with E-state index in [0.717, 1.165) is 45.5 Å². The molecule has 8 heteroatoms. The minimum absolute atomic E-state index is 1.13. The smallest absolute Gasteiger partial charge is 0.0540 e. The summed E-state index contributed by atoms with van der Waals surface area (Å²) < 4.78 is 10.6. The van der Waals surface area contributed by atoms with Crippen molar-refractivity contribution in [2.45, 2.75) is 83.1 Å². The largest absolute Gasteiger partial charge is 0.309 e. The lowest BCUT2D eigenvalue weighted by atomic mass is 9.91. The maximum atomic E-state index is 2.55. The zero-order valence-electron chi connectivity index (χ0n) is 84.7. The molecule has 0 aliphatic rings. The third-order valence-electron chi connectivity index (χ3n) is 31.0. The molecule has 24 aromatic carbocycles. The zero-order chi connectivity index (χ0) is 99.9. The molecule has 0 bridgehead atoms. The number of nitrogens with zero attached hydrogens (tertiary/aromatic N) is 4. The summed E-state index contributed by atoms with van der Waals surface area (Å²) in [5, 5.41) is 25.4. The van der Waals surface area contributed by atoms with E-state index in [9.17, 15) is 0 Å². The maximum Gasteiger partial charge on any atom is 0.0540 e. The first-order valence-electron chi connectivity index (χ1n) is 51.3. The number of aryl methyl sites for hydroxylation is 12. The lowest BCUT2D eigenvalue weighted by Crippen LogP contribution is -2.14. The molecule has 0 saturated heterocycles. The van der Waals surface area contributed by atoms with Gasteiger partial charge < -0.3 is 19.6 Å². The van der Waals surface area contributed by atoms with E-state index in [2.05, 4.69) is 515 Å². The molecule has 0 aliphatic carbocycles. The number of thiophene rings is 4. The fourth-order valence-electron chi connectivity index (χ4n) is 24.9. The van der Waals surface area contributed by atoms with Crippen LogP contribution in [0.15, 0.2) is 413 Å². The van der Waals surface area contributed by atoms with E-state index in [-0.39, 0.29) is 0 Å². The molecule has 28 aromatic rings. The lowest BCUT2D eigenvalue weighted by molar-refractivity contribution is 1.21. The molecule has 0 atom stereocenters. The predicted octanol–water partition coefficient (Wildman–Crippen LogP) is 42.9. The molecule has 4 heterocycles. The van der Waals surface area contributed by atoms with Crippen molar-refractivity contribution in [1.82, 2.24) is 0 Å². The van der Waals surface area contributed by atoms with E-state index < -0.39 is 0 Å². The minimum Gasteiger partial charge on any atom is -0.309 e. The van der Waals surface area contributed by atoms with Gasteiger partial charge in [-0.15, -0.1) is 45.3 Å². The molecule has 4 nitrogen and oxygen atoms in total. The highest BCUT2D eigenvalue weighted by molar-refractivity contribution is 7.27. The second-order valence-corrected chi connectivity index (χ2v) is 45.0. The molecule has 0 amide bonds. The van der Waals surface area contributed by atoms with E-state index in [0.29, 0.717) is 0 Å². The monoisotopic (exact) mass is 1970 g/mol. The summed E-state index contributed by atoms with van der Waals surface area (Å²) in [4.78, 5) is 10.2. The highest BCUT2D eigenvalue weighted by Gasteiger charge is 2.31. The predicted molar refractivity (Wildman–Crippen MR) is 649 cm³/mol. The van der Waals surface area contributed by atoms with Gasteiger partial charge in [-0.25, -0.2) is 0 Å². The fourth-order valence-corrected chi connectivity index (χ4v) is 29.8. The molecular weight excluding hydrogens is 1870 g/mol. The van der Waals surface area contributed by atoms with Gasteiger partial charge in [-0.2, -0.15) is 0 Å². The maximum absolute atomic E-state index is 2.55. The SMILES string of the molecule is Cc1cc(-c2cccc3c2sc2ccccc23)cc(N(c2c(C)cccc2C)c2ccc3ccc4c(N(c5cc(C)cc(-c6cccc7c6sc6ccccc67)c5)c5c(C)cccc5C)ccc5ccc2c3c54)c1.Cc1cc(C)c(N(c2cccc(-c3cccc4c3sc3ccccc34)c2)c2ccc3ccc4c(N(c5cccc(-c6cccc7c6sc6ccccc67)c5)c5c(C)cc(C)cc5C)ccc5ccc2c3c54)c(C)c1. The topological polar surface area (TPSA) is 13.0 Å². The van der Waals surface area contributed by atoms with Crippen molar-refractivity contribution < 1.29 is 0 Å². The van der Waals surface area contributed by atoms with E-state index in [1.807, 2.05) is 45.3 Å². The van der Waals surface area contributed by atoms with Crippen LogP contribution in [0.3, 0.4) is 0 Å². The number of hydrogen-bond acceptors (Lipinski definition) is 8. The Morgan fingerprint density at radius 1 is 0.155 bits per heavy atom. The van der Waals surface area contributed by atoms with Crippen LogP contribution in [0.4, 0.5) is 68.2 Å².